The summed E-state index contributed by atoms with van der Waals surface area (Å²) in [5.41, 5.74) is 8.92. The standard InChI is InChI=1S/C57H32N4O2/c1-3-15-36-29-48-45(26-34(36)13-1)46-27-35-14-2-4-16-37(35)30-49(46)61(48)50-31-39(28-47-42-20-8-10-23-52(42)63-54(47)50)56-58-55(38-24-25-43-41-19-7-9-22-51(41)62-53(43)32-38)59-57(60-56)44-21-11-17-33-12-5-6-18-40(33)44/h1-32H. The Bertz CT molecular complexity index is 4130. The van der Waals surface area contributed by atoms with Crippen molar-refractivity contribution in [2.24, 2.45) is 0 Å². The molecule has 0 unspecified atom stereocenters. The summed E-state index contributed by atoms with van der Waals surface area (Å²) in [6.45, 7) is 0. The second kappa shape index (κ2) is 12.9. The van der Waals surface area contributed by atoms with Crippen LogP contribution >= 0.6 is 0 Å². The SMILES string of the molecule is c1ccc2cc3c(cc2c1)c1cc2ccccc2cc1n3-c1cc(-c2nc(-c3ccc4c(c3)oc3ccccc34)nc(-c3cccc4ccccc34)n2)cc2c1oc1ccccc12. The summed E-state index contributed by atoms with van der Waals surface area (Å²) in [6, 6.07) is 68.1. The zero-order valence-electron chi connectivity index (χ0n) is 33.6. The van der Waals surface area contributed by atoms with Gasteiger partial charge in [-0.05, 0) is 93.0 Å². The van der Waals surface area contributed by atoms with E-state index in [9.17, 15) is 0 Å². The number of rotatable bonds is 4. The second-order valence-electron chi connectivity index (χ2n) is 16.4. The van der Waals surface area contributed by atoms with Crippen molar-refractivity contribution >= 4 is 98.0 Å². The lowest BCUT2D eigenvalue weighted by molar-refractivity contribution is 0.666. The van der Waals surface area contributed by atoms with Gasteiger partial charge in [-0.1, -0.05) is 133 Å². The number of benzene rings is 10. The van der Waals surface area contributed by atoms with Crippen LogP contribution in [0.4, 0.5) is 0 Å². The first-order valence-corrected chi connectivity index (χ1v) is 21.2. The van der Waals surface area contributed by atoms with E-state index in [1.165, 1.54) is 32.3 Å². The van der Waals surface area contributed by atoms with Gasteiger partial charge in [0.2, 0.25) is 0 Å². The van der Waals surface area contributed by atoms with Crippen LogP contribution in [0.2, 0.25) is 0 Å². The molecule has 4 heterocycles. The normalized spacial score (nSPS) is 12.1. The van der Waals surface area contributed by atoms with E-state index < -0.39 is 0 Å². The van der Waals surface area contributed by atoms with E-state index in [0.29, 0.717) is 17.5 Å². The fraction of sp³-hybridized carbons (Fsp3) is 0. The van der Waals surface area contributed by atoms with Crippen LogP contribution in [0.3, 0.4) is 0 Å². The maximum atomic E-state index is 6.89. The minimum atomic E-state index is 0.553. The first-order valence-electron chi connectivity index (χ1n) is 21.2. The molecule has 0 aliphatic carbocycles. The summed E-state index contributed by atoms with van der Waals surface area (Å²) in [6.07, 6.45) is 0. The van der Waals surface area contributed by atoms with E-state index in [2.05, 4.69) is 162 Å². The van der Waals surface area contributed by atoms with E-state index in [0.717, 1.165) is 88.1 Å². The van der Waals surface area contributed by atoms with Crippen molar-refractivity contribution in [1.29, 1.82) is 0 Å². The zero-order valence-corrected chi connectivity index (χ0v) is 33.6. The maximum Gasteiger partial charge on any atom is 0.164 e. The third-order valence-electron chi connectivity index (χ3n) is 12.8. The first-order chi connectivity index (χ1) is 31.2. The van der Waals surface area contributed by atoms with Crippen LogP contribution in [0.5, 0.6) is 0 Å². The molecule has 10 aromatic carbocycles. The molecule has 4 aromatic heterocycles. The lowest BCUT2D eigenvalue weighted by Crippen LogP contribution is -2.02. The Morgan fingerprint density at radius 3 is 1.54 bits per heavy atom. The molecule has 292 valence electrons. The molecule has 0 aliphatic heterocycles. The predicted molar refractivity (Wildman–Crippen MR) is 258 cm³/mol. The monoisotopic (exact) mass is 804 g/mol. The maximum absolute atomic E-state index is 6.89. The Morgan fingerprint density at radius 2 is 0.841 bits per heavy atom. The Balaban J connectivity index is 1.09. The van der Waals surface area contributed by atoms with E-state index in [-0.39, 0.29) is 0 Å². The highest BCUT2D eigenvalue weighted by Gasteiger charge is 2.23. The Morgan fingerprint density at radius 1 is 0.317 bits per heavy atom. The Hall–Kier alpha value is -8.61. The van der Waals surface area contributed by atoms with Gasteiger partial charge in [0.15, 0.2) is 23.1 Å². The molecule has 14 aromatic rings. The highest BCUT2D eigenvalue weighted by atomic mass is 16.3. The molecule has 0 fully saturated rings. The summed E-state index contributed by atoms with van der Waals surface area (Å²) < 4.78 is 15.6. The van der Waals surface area contributed by atoms with Gasteiger partial charge in [0.1, 0.15) is 16.7 Å². The van der Waals surface area contributed by atoms with Crippen LogP contribution in [0.1, 0.15) is 0 Å². The number of nitrogens with zero attached hydrogens (tertiary/aromatic N) is 4. The summed E-state index contributed by atoms with van der Waals surface area (Å²) in [7, 11) is 0. The molecule has 0 amide bonds. The Kier molecular flexibility index (Phi) is 7.02. The van der Waals surface area contributed by atoms with E-state index in [4.69, 9.17) is 23.8 Å². The molecule has 0 bridgehead atoms. The van der Waals surface area contributed by atoms with Gasteiger partial charge in [-0.25, -0.2) is 15.0 Å². The number of para-hydroxylation sites is 2. The van der Waals surface area contributed by atoms with E-state index in [1.54, 1.807) is 0 Å². The molecule has 6 nitrogen and oxygen atoms in total. The fourth-order valence-electron chi connectivity index (χ4n) is 9.79. The average molecular weight is 805 g/mol. The molecular weight excluding hydrogens is 773 g/mol. The zero-order chi connectivity index (χ0) is 41.2. The third kappa shape index (κ3) is 5.15. The number of aromatic nitrogens is 4. The lowest BCUT2D eigenvalue weighted by atomic mass is 10.0. The van der Waals surface area contributed by atoms with E-state index in [1.807, 2.05) is 36.4 Å². The molecule has 0 aliphatic rings. The van der Waals surface area contributed by atoms with Gasteiger partial charge in [-0.3, -0.25) is 0 Å². The lowest BCUT2D eigenvalue weighted by Gasteiger charge is -2.13. The van der Waals surface area contributed by atoms with Gasteiger partial charge in [-0.2, -0.15) is 0 Å². The number of furan rings is 2. The van der Waals surface area contributed by atoms with Gasteiger partial charge in [-0.15, -0.1) is 0 Å². The van der Waals surface area contributed by atoms with Crippen LogP contribution in [-0.2, 0) is 0 Å². The Labute approximate surface area is 358 Å². The van der Waals surface area contributed by atoms with Gasteiger partial charge < -0.3 is 13.4 Å². The average Bonchev–Trinajstić information content (AvgIpc) is 4.00. The topological polar surface area (TPSA) is 69.9 Å². The number of hydrogen-bond donors (Lipinski definition) is 0. The van der Waals surface area contributed by atoms with Crippen molar-refractivity contribution in [3.8, 4) is 39.9 Å². The third-order valence-corrected chi connectivity index (χ3v) is 12.8. The van der Waals surface area contributed by atoms with Crippen molar-refractivity contribution < 1.29 is 8.83 Å². The second-order valence-corrected chi connectivity index (χ2v) is 16.4. The summed E-state index contributed by atoms with van der Waals surface area (Å²) in [5.74, 6) is 1.70. The van der Waals surface area contributed by atoms with E-state index >= 15 is 0 Å². The smallest absolute Gasteiger partial charge is 0.164 e. The van der Waals surface area contributed by atoms with Crippen molar-refractivity contribution in [3.63, 3.8) is 0 Å². The van der Waals surface area contributed by atoms with Crippen molar-refractivity contribution in [3.05, 3.63) is 194 Å². The highest BCUT2D eigenvalue weighted by Crippen LogP contribution is 2.43. The minimum Gasteiger partial charge on any atom is -0.456 e. The summed E-state index contributed by atoms with van der Waals surface area (Å²) >= 11 is 0. The molecule has 63 heavy (non-hydrogen) atoms. The molecule has 0 spiro atoms. The molecule has 14 rings (SSSR count). The molecule has 6 heteroatoms. The predicted octanol–water partition coefficient (Wildman–Crippen LogP) is 15.2. The molecule has 0 radical (unpaired) electrons. The van der Waals surface area contributed by atoms with Crippen LogP contribution in [0.25, 0.3) is 138 Å². The van der Waals surface area contributed by atoms with Crippen LogP contribution < -0.4 is 0 Å². The van der Waals surface area contributed by atoms with Gasteiger partial charge in [0, 0.05) is 49.0 Å². The fourth-order valence-corrected chi connectivity index (χ4v) is 9.79. The van der Waals surface area contributed by atoms with Crippen LogP contribution in [0, 0.1) is 0 Å². The van der Waals surface area contributed by atoms with Crippen molar-refractivity contribution in [1.82, 2.24) is 19.5 Å². The molecule has 0 N–H and O–H groups in total. The molecular formula is C57H32N4O2. The quantitative estimate of drug-likeness (QED) is 0.177. The van der Waals surface area contributed by atoms with Crippen molar-refractivity contribution in [2.75, 3.05) is 0 Å². The minimum absolute atomic E-state index is 0.553. The molecule has 0 saturated carbocycles. The molecule has 0 atom stereocenters. The van der Waals surface area contributed by atoms with Crippen LogP contribution in [-0.4, -0.2) is 19.5 Å². The van der Waals surface area contributed by atoms with Gasteiger partial charge in [0.05, 0.1) is 16.7 Å². The number of hydrogen-bond acceptors (Lipinski definition) is 5. The highest BCUT2D eigenvalue weighted by molar-refractivity contribution is 6.18. The van der Waals surface area contributed by atoms with Crippen LogP contribution in [0.15, 0.2) is 203 Å². The number of fused-ring (bicyclic) bond motifs is 12. The van der Waals surface area contributed by atoms with Crippen molar-refractivity contribution in [2.45, 2.75) is 0 Å². The summed E-state index contributed by atoms with van der Waals surface area (Å²) in [4.78, 5) is 15.9. The first kappa shape index (κ1) is 34.1. The van der Waals surface area contributed by atoms with Gasteiger partial charge in [0.25, 0.3) is 0 Å². The molecule has 0 saturated heterocycles. The summed E-state index contributed by atoms with van der Waals surface area (Å²) in [5, 5.41) is 13.4. The largest absolute Gasteiger partial charge is 0.456 e. The van der Waals surface area contributed by atoms with Gasteiger partial charge >= 0.3 is 0 Å².